The first-order valence-electron chi connectivity index (χ1n) is 6.29. The van der Waals surface area contributed by atoms with E-state index in [2.05, 4.69) is 21.0 Å². The molecule has 0 amide bonds. The summed E-state index contributed by atoms with van der Waals surface area (Å²) in [5.74, 6) is -0.968. The number of carboxylic acid groups (broad SMARTS) is 1. The Kier molecular flexibility index (Phi) is 3.58. The minimum atomic E-state index is -0.968. The van der Waals surface area contributed by atoms with Crippen LogP contribution in [0.2, 0.25) is 0 Å². The molecule has 0 aliphatic carbocycles. The summed E-state index contributed by atoms with van der Waals surface area (Å²) in [6.07, 6.45) is 4.49. The molecule has 5 heteroatoms. The number of benzene rings is 2. The fraction of sp³-hybridized carbons (Fsp3) is 0. The molecule has 1 aromatic heterocycles. The van der Waals surface area contributed by atoms with Gasteiger partial charge in [-0.2, -0.15) is 5.10 Å². The van der Waals surface area contributed by atoms with E-state index in [1.54, 1.807) is 6.08 Å². The first-order chi connectivity index (χ1) is 10.1. The number of aliphatic carboxylic acids is 1. The molecule has 0 unspecified atom stereocenters. The lowest BCUT2D eigenvalue weighted by molar-refractivity contribution is -0.131. The quantitative estimate of drug-likeness (QED) is 0.734. The van der Waals surface area contributed by atoms with Crippen molar-refractivity contribution in [2.24, 2.45) is 0 Å². The smallest absolute Gasteiger partial charge is 0.328 e. The van der Waals surface area contributed by atoms with Gasteiger partial charge in [-0.05, 0) is 29.8 Å². The molecule has 3 rings (SSSR count). The number of aromatic nitrogens is 2. The van der Waals surface area contributed by atoms with Gasteiger partial charge in [-0.15, -0.1) is 0 Å². The Morgan fingerprint density at radius 2 is 2.05 bits per heavy atom. The van der Waals surface area contributed by atoms with Crippen LogP contribution in [0.4, 0.5) is 0 Å². The summed E-state index contributed by atoms with van der Waals surface area (Å²) in [6, 6.07) is 13.7. The number of hydrogen-bond donors (Lipinski definition) is 1. The van der Waals surface area contributed by atoms with Crippen LogP contribution in [0.3, 0.4) is 0 Å². The van der Waals surface area contributed by atoms with Crippen LogP contribution in [0.15, 0.2) is 59.2 Å². The number of fused-ring (bicyclic) bond motifs is 1. The van der Waals surface area contributed by atoms with E-state index in [1.807, 2.05) is 53.3 Å². The van der Waals surface area contributed by atoms with Crippen LogP contribution >= 0.6 is 15.9 Å². The van der Waals surface area contributed by atoms with E-state index >= 15 is 0 Å². The molecule has 2 aromatic carbocycles. The second-order valence-corrected chi connectivity index (χ2v) is 5.35. The molecule has 1 heterocycles. The first kappa shape index (κ1) is 13.6. The molecule has 3 aromatic rings. The van der Waals surface area contributed by atoms with E-state index in [9.17, 15) is 4.79 Å². The predicted octanol–water partition coefficient (Wildman–Crippen LogP) is 3.89. The number of hydrogen-bond acceptors (Lipinski definition) is 2. The predicted molar refractivity (Wildman–Crippen MR) is 85.4 cm³/mol. The molecule has 0 bridgehead atoms. The molecule has 0 aliphatic heterocycles. The molecular formula is C16H11BrN2O2. The monoisotopic (exact) mass is 342 g/mol. The van der Waals surface area contributed by atoms with Crippen LogP contribution in [0.25, 0.3) is 22.7 Å². The number of carboxylic acids is 1. The number of rotatable bonds is 3. The van der Waals surface area contributed by atoms with Crippen LogP contribution in [0.5, 0.6) is 0 Å². The average molecular weight is 343 g/mol. The molecule has 1 N–H and O–H groups in total. The van der Waals surface area contributed by atoms with Crippen LogP contribution in [-0.4, -0.2) is 20.9 Å². The van der Waals surface area contributed by atoms with Gasteiger partial charge in [-0.3, -0.25) is 0 Å². The third-order valence-electron chi connectivity index (χ3n) is 3.11. The highest BCUT2D eigenvalue weighted by atomic mass is 79.9. The Bertz CT molecular complexity index is 852. The van der Waals surface area contributed by atoms with E-state index in [0.29, 0.717) is 0 Å². The Hall–Kier alpha value is -2.40. The van der Waals surface area contributed by atoms with Crippen molar-refractivity contribution >= 4 is 38.9 Å². The van der Waals surface area contributed by atoms with E-state index in [-0.39, 0.29) is 0 Å². The summed E-state index contributed by atoms with van der Waals surface area (Å²) in [5.41, 5.74) is 2.74. The highest BCUT2D eigenvalue weighted by Crippen LogP contribution is 2.24. The molecule has 21 heavy (non-hydrogen) atoms. The van der Waals surface area contributed by atoms with Crippen LogP contribution in [0, 0.1) is 0 Å². The van der Waals surface area contributed by atoms with Crippen molar-refractivity contribution in [1.82, 2.24) is 9.78 Å². The summed E-state index contributed by atoms with van der Waals surface area (Å²) >= 11 is 3.46. The van der Waals surface area contributed by atoms with Crippen molar-refractivity contribution in [3.8, 4) is 5.69 Å². The Morgan fingerprint density at radius 3 is 2.81 bits per heavy atom. The molecular weight excluding hydrogens is 332 g/mol. The van der Waals surface area contributed by atoms with Gasteiger partial charge in [0.05, 0.1) is 17.4 Å². The van der Waals surface area contributed by atoms with Crippen LogP contribution in [0.1, 0.15) is 5.56 Å². The standard InChI is InChI=1S/C16H11BrN2O2/c17-14-9-13(7-5-11(14)6-8-16(20)21)19-15-4-2-1-3-12(15)10-18-19/h1-10H,(H,20,21)/b8-6+. The van der Waals surface area contributed by atoms with Gasteiger partial charge in [0.2, 0.25) is 0 Å². The number of para-hydroxylation sites is 1. The lowest BCUT2D eigenvalue weighted by atomic mass is 10.2. The lowest BCUT2D eigenvalue weighted by Crippen LogP contribution is -1.96. The summed E-state index contributed by atoms with van der Waals surface area (Å²) < 4.78 is 2.67. The molecule has 0 aliphatic rings. The number of carbonyl (C=O) groups is 1. The second-order valence-electron chi connectivity index (χ2n) is 4.49. The highest BCUT2D eigenvalue weighted by molar-refractivity contribution is 9.10. The molecule has 0 radical (unpaired) electrons. The SMILES string of the molecule is O=C(O)/C=C/c1ccc(-n2ncc3ccccc32)cc1Br. The van der Waals surface area contributed by atoms with Crippen molar-refractivity contribution in [2.45, 2.75) is 0 Å². The molecule has 0 atom stereocenters. The molecule has 0 saturated carbocycles. The van der Waals surface area contributed by atoms with Gasteiger partial charge in [0.25, 0.3) is 0 Å². The minimum Gasteiger partial charge on any atom is -0.478 e. The van der Waals surface area contributed by atoms with Gasteiger partial charge in [0.1, 0.15) is 0 Å². The van der Waals surface area contributed by atoms with Crippen molar-refractivity contribution in [1.29, 1.82) is 0 Å². The highest BCUT2D eigenvalue weighted by Gasteiger charge is 2.06. The topological polar surface area (TPSA) is 55.1 Å². The summed E-state index contributed by atoms with van der Waals surface area (Å²) in [6.45, 7) is 0. The maximum absolute atomic E-state index is 10.6. The first-order valence-corrected chi connectivity index (χ1v) is 7.08. The van der Waals surface area contributed by atoms with Crippen LogP contribution in [-0.2, 0) is 4.79 Å². The molecule has 0 spiro atoms. The van der Waals surface area contributed by atoms with E-state index in [0.717, 1.165) is 32.7 Å². The summed E-state index contributed by atoms with van der Waals surface area (Å²) in [4.78, 5) is 10.6. The van der Waals surface area contributed by atoms with Gasteiger partial charge in [-0.25, -0.2) is 9.48 Å². The van der Waals surface area contributed by atoms with E-state index in [1.165, 1.54) is 0 Å². The minimum absolute atomic E-state index is 0.803. The normalized spacial score (nSPS) is 11.3. The number of halogens is 1. The molecule has 0 saturated heterocycles. The van der Waals surface area contributed by atoms with Gasteiger partial charge in [0, 0.05) is 15.9 Å². The molecule has 104 valence electrons. The summed E-state index contributed by atoms with van der Waals surface area (Å²) in [7, 11) is 0. The lowest BCUT2D eigenvalue weighted by Gasteiger charge is -2.06. The van der Waals surface area contributed by atoms with Gasteiger partial charge < -0.3 is 5.11 Å². The Morgan fingerprint density at radius 1 is 1.24 bits per heavy atom. The third kappa shape index (κ3) is 2.73. The van der Waals surface area contributed by atoms with Crippen molar-refractivity contribution in [3.05, 3.63) is 64.8 Å². The Balaban J connectivity index is 2.04. The number of nitrogens with zero attached hydrogens (tertiary/aromatic N) is 2. The van der Waals surface area contributed by atoms with Gasteiger partial charge >= 0.3 is 5.97 Å². The zero-order chi connectivity index (χ0) is 14.8. The average Bonchev–Trinajstić information content (AvgIpc) is 2.89. The van der Waals surface area contributed by atoms with Gasteiger partial charge in [-0.1, -0.05) is 40.2 Å². The van der Waals surface area contributed by atoms with E-state index in [4.69, 9.17) is 5.11 Å². The summed E-state index contributed by atoms with van der Waals surface area (Å²) in [5, 5.41) is 14.1. The van der Waals surface area contributed by atoms with Gasteiger partial charge in [0.15, 0.2) is 0 Å². The van der Waals surface area contributed by atoms with Crippen molar-refractivity contribution in [2.75, 3.05) is 0 Å². The largest absolute Gasteiger partial charge is 0.478 e. The second kappa shape index (κ2) is 5.54. The maximum atomic E-state index is 10.6. The molecule has 0 fully saturated rings. The maximum Gasteiger partial charge on any atom is 0.328 e. The van der Waals surface area contributed by atoms with Crippen molar-refractivity contribution < 1.29 is 9.90 Å². The molecule has 4 nitrogen and oxygen atoms in total. The van der Waals surface area contributed by atoms with E-state index < -0.39 is 5.97 Å². The Labute approximate surface area is 129 Å². The fourth-order valence-electron chi connectivity index (χ4n) is 2.12. The van der Waals surface area contributed by atoms with Crippen molar-refractivity contribution in [3.63, 3.8) is 0 Å². The van der Waals surface area contributed by atoms with Crippen LogP contribution < -0.4 is 0 Å². The fourth-order valence-corrected chi connectivity index (χ4v) is 2.62. The zero-order valence-corrected chi connectivity index (χ0v) is 12.5. The zero-order valence-electron chi connectivity index (χ0n) is 10.9. The third-order valence-corrected chi connectivity index (χ3v) is 3.80.